The predicted molar refractivity (Wildman–Crippen MR) is 70.7 cm³/mol. The largest absolute Gasteiger partial charge is 0.484 e. The first-order valence-electron chi connectivity index (χ1n) is 5.58. The van der Waals surface area contributed by atoms with Gasteiger partial charge in [0, 0.05) is 11.6 Å². The van der Waals surface area contributed by atoms with E-state index >= 15 is 0 Å². The molecule has 0 amide bonds. The monoisotopic (exact) mass is 331 g/mol. The summed E-state index contributed by atoms with van der Waals surface area (Å²) >= 11 is 5.40. The molecule has 0 saturated carbocycles. The highest BCUT2D eigenvalue weighted by molar-refractivity contribution is 7.92. The van der Waals surface area contributed by atoms with Crippen LogP contribution in [0.15, 0.2) is 24.3 Å². The Labute approximate surface area is 119 Å². The summed E-state index contributed by atoms with van der Waals surface area (Å²) < 4.78 is 65.7. The second-order valence-electron chi connectivity index (χ2n) is 3.89. The van der Waals surface area contributed by atoms with Crippen molar-refractivity contribution in [3.05, 3.63) is 24.3 Å². The first kappa shape index (κ1) is 16.9. The maximum Gasteiger partial charge on any atom is 0.422 e. The Morgan fingerprint density at radius 3 is 2.30 bits per heavy atom. The van der Waals surface area contributed by atoms with Crippen molar-refractivity contribution in [1.82, 2.24) is 0 Å². The molecule has 0 atom stereocenters. The molecule has 0 saturated heterocycles. The molecule has 0 bridgehead atoms. The molecule has 0 aliphatic heterocycles. The van der Waals surface area contributed by atoms with Crippen molar-refractivity contribution >= 4 is 27.3 Å². The number of sulfonamides is 1. The SMILES string of the molecule is O=S(=O)(CCCCl)Nc1ccc(OCC(F)(F)F)cc1. The first-order chi connectivity index (χ1) is 9.22. The Morgan fingerprint density at radius 2 is 1.80 bits per heavy atom. The molecule has 0 unspecified atom stereocenters. The molecule has 9 heteroatoms. The van der Waals surface area contributed by atoms with Crippen LogP contribution in [0.25, 0.3) is 0 Å². The third-order valence-corrected chi connectivity index (χ3v) is 3.72. The highest BCUT2D eigenvalue weighted by Gasteiger charge is 2.28. The lowest BCUT2D eigenvalue weighted by atomic mass is 10.3. The second kappa shape index (κ2) is 7.03. The van der Waals surface area contributed by atoms with Gasteiger partial charge >= 0.3 is 6.18 Å². The maximum absolute atomic E-state index is 11.9. The van der Waals surface area contributed by atoms with Gasteiger partial charge in [-0.25, -0.2) is 8.42 Å². The van der Waals surface area contributed by atoms with Gasteiger partial charge in [0.1, 0.15) is 5.75 Å². The lowest BCUT2D eigenvalue weighted by Crippen LogP contribution is -2.19. The summed E-state index contributed by atoms with van der Waals surface area (Å²) in [6, 6.07) is 5.16. The van der Waals surface area contributed by atoms with E-state index in [1.165, 1.54) is 24.3 Å². The number of anilines is 1. The maximum atomic E-state index is 11.9. The van der Waals surface area contributed by atoms with Crippen LogP contribution in [0, 0.1) is 0 Å². The minimum absolute atomic E-state index is 0.00558. The number of halogens is 4. The van der Waals surface area contributed by atoms with Gasteiger partial charge in [-0.3, -0.25) is 4.72 Å². The number of hydrogen-bond acceptors (Lipinski definition) is 3. The number of benzene rings is 1. The molecule has 0 aromatic heterocycles. The summed E-state index contributed by atoms with van der Waals surface area (Å²) in [5.74, 6) is 0.111. The van der Waals surface area contributed by atoms with Gasteiger partial charge in [-0.15, -0.1) is 11.6 Å². The van der Waals surface area contributed by atoms with Crippen LogP contribution in [0.5, 0.6) is 5.75 Å². The van der Waals surface area contributed by atoms with Crippen LogP contribution in [-0.4, -0.2) is 32.8 Å². The third kappa shape index (κ3) is 6.85. The number of hydrogen-bond donors (Lipinski definition) is 1. The Bertz CT molecular complexity index is 517. The summed E-state index contributed by atoms with van der Waals surface area (Å²) in [5.41, 5.74) is 0.249. The van der Waals surface area contributed by atoms with Gasteiger partial charge in [0.25, 0.3) is 0 Å². The van der Waals surface area contributed by atoms with Gasteiger partial charge < -0.3 is 4.74 Å². The van der Waals surface area contributed by atoms with Crippen LogP contribution in [0.1, 0.15) is 6.42 Å². The second-order valence-corrected chi connectivity index (χ2v) is 6.11. The van der Waals surface area contributed by atoms with E-state index in [2.05, 4.69) is 9.46 Å². The fourth-order valence-corrected chi connectivity index (χ4v) is 2.67. The van der Waals surface area contributed by atoms with Crippen molar-refractivity contribution in [1.29, 1.82) is 0 Å². The molecular formula is C11H13ClF3NO3S. The minimum Gasteiger partial charge on any atom is -0.484 e. The Balaban J connectivity index is 2.58. The van der Waals surface area contributed by atoms with Gasteiger partial charge in [0.15, 0.2) is 6.61 Å². The van der Waals surface area contributed by atoms with Crippen molar-refractivity contribution in [2.45, 2.75) is 12.6 Å². The third-order valence-electron chi connectivity index (χ3n) is 2.08. The van der Waals surface area contributed by atoms with Crippen molar-refractivity contribution in [2.75, 3.05) is 23.0 Å². The summed E-state index contributed by atoms with van der Waals surface area (Å²) in [7, 11) is -3.50. The van der Waals surface area contributed by atoms with Gasteiger partial charge in [0.05, 0.1) is 5.75 Å². The highest BCUT2D eigenvalue weighted by Crippen LogP contribution is 2.20. The fraction of sp³-hybridized carbons (Fsp3) is 0.455. The van der Waals surface area contributed by atoms with E-state index < -0.39 is 22.8 Å². The van der Waals surface area contributed by atoms with Crippen LogP contribution in [0.3, 0.4) is 0 Å². The highest BCUT2D eigenvalue weighted by atomic mass is 35.5. The predicted octanol–water partition coefficient (Wildman–Crippen LogP) is 3.00. The lowest BCUT2D eigenvalue weighted by Gasteiger charge is -2.10. The van der Waals surface area contributed by atoms with Crippen LogP contribution in [-0.2, 0) is 10.0 Å². The Hall–Kier alpha value is -1.15. The number of nitrogens with one attached hydrogen (secondary N) is 1. The molecule has 0 fully saturated rings. The van der Waals surface area contributed by atoms with Gasteiger partial charge in [-0.1, -0.05) is 0 Å². The van der Waals surface area contributed by atoms with Crippen molar-refractivity contribution in [2.24, 2.45) is 0 Å². The summed E-state index contributed by atoms with van der Waals surface area (Å²) in [6.45, 7) is -1.40. The zero-order valence-electron chi connectivity index (χ0n) is 10.3. The number of rotatable bonds is 7. The molecule has 0 aliphatic carbocycles. The van der Waals surface area contributed by atoms with Gasteiger partial charge in [-0.05, 0) is 30.7 Å². The molecule has 1 rings (SSSR count). The summed E-state index contributed by atoms with van der Waals surface area (Å²) in [5, 5.41) is 0. The zero-order valence-corrected chi connectivity index (χ0v) is 11.9. The zero-order chi connectivity index (χ0) is 15.2. The van der Waals surface area contributed by atoms with E-state index in [9.17, 15) is 21.6 Å². The van der Waals surface area contributed by atoms with Crippen LogP contribution >= 0.6 is 11.6 Å². The van der Waals surface area contributed by atoms with Crippen LogP contribution < -0.4 is 9.46 Å². The van der Waals surface area contributed by atoms with Gasteiger partial charge in [0.2, 0.25) is 10.0 Å². The molecule has 20 heavy (non-hydrogen) atoms. The van der Waals surface area contributed by atoms with E-state index in [4.69, 9.17) is 11.6 Å². The Morgan fingerprint density at radius 1 is 1.20 bits per heavy atom. The summed E-state index contributed by atoms with van der Waals surface area (Å²) in [6.07, 6.45) is -4.11. The van der Waals surface area contributed by atoms with Crippen molar-refractivity contribution in [3.63, 3.8) is 0 Å². The average Bonchev–Trinajstić information content (AvgIpc) is 2.34. The Kier molecular flexibility index (Phi) is 5.94. The van der Waals surface area contributed by atoms with E-state index in [1.807, 2.05) is 0 Å². The molecule has 0 spiro atoms. The van der Waals surface area contributed by atoms with Crippen molar-refractivity contribution < 1.29 is 26.3 Å². The van der Waals surface area contributed by atoms with Crippen LogP contribution in [0.4, 0.5) is 18.9 Å². The average molecular weight is 332 g/mol. The van der Waals surface area contributed by atoms with E-state index in [1.54, 1.807) is 0 Å². The minimum atomic E-state index is -4.41. The fourth-order valence-electron chi connectivity index (χ4n) is 1.26. The molecule has 0 aliphatic rings. The molecule has 0 heterocycles. The number of alkyl halides is 4. The quantitative estimate of drug-likeness (QED) is 0.781. The molecule has 0 radical (unpaired) electrons. The van der Waals surface area contributed by atoms with E-state index in [0.717, 1.165) is 0 Å². The molecule has 1 aromatic rings. The lowest BCUT2D eigenvalue weighted by molar-refractivity contribution is -0.153. The molecule has 4 nitrogen and oxygen atoms in total. The van der Waals surface area contributed by atoms with E-state index in [-0.39, 0.29) is 23.1 Å². The molecular weight excluding hydrogens is 319 g/mol. The molecule has 1 N–H and O–H groups in total. The smallest absolute Gasteiger partial charge is 0.422 e. The molecule has 114 valence electrons. The number of ether oxygens (including phenoxy) is 1. The normalized spacial score (nSPS) is 12.2. The standard InChI is InChI=1S/C11H13ClF3NO3S/c12-6-1-7-20(17,18)16-9-2-4-10(5-3-9)19-8-11(13,14)15/h2-5,16H,1,6-8H2. The van der Waals surface area contributed by atoms with Gasteiger partial charge in [-0.2, -0.15) is 13.2 Å². The van der Waals surface area contributed by atoms with Crippen LogP contribution in [0.2, 0.25) is 0 Å². The summed E-state index contributed by atoms with van der Waals surface area (Å²) in [4.78, 5) is 0. The first-order valence-corrected chi connectivity index (χ1v) is 7.76. The van der Waals surface area contributed by atoms with Crippen molar-refractivity contribution in [3.8, 4) is 5.75 Å². The molecule has 1 aromatic carbocycles. The van der Waals surface area contributed by atoms with E-state index in [0.29, 0.717) is 6.42 Å². The topological polar surface area (TPSA) is 55.4 Å².